The lowest BCUT2D eigenvalue weighted by Crippen LogP contribution is -2.32. The van der Waals surface area contributed by atoms with Crippen LogP contribution in [0, 0.1) is 15.3 Å². The maximum absolute atomic E-state index is 12.6. The van der Waals surface area contributed by atoms with E-state index in [1.807, 2.05) is 0 Å². The van der Waals surface area contributed by atoms with Gasteiger partial charge in [-0.25, -0.2) is 9.35 Å². The van der Waals surface area contributed by atoms with Crippen LogP contribution in [0.3, 0.4) is 0 Å². The van der Waals surface area contributed by atoms with E-state index in [1.54, 1.807) is 0 Å². The standard InChI is InChI=1S/C14H7ClF3NO5.C2H4FNO6S2/c15-10-5-7(14(16,17)18)1-4-12(10)24-8-2-3-11(19(22)23)9(6-8)13(20)21;3-4(7,12(8,9)10)11-1-2(5)6/h1-6H,(H,20,21);1H2,(H,5,6)(H,8,9,10). The minimum atomic E-state index is -5.48. The van der Waals surface area contributed by atoms with Gasteiger partial charge in [0.05, 0.1) is 15.5 Å². The molecular weight excluding hydrogens is 572 g/mol. The van der Waals surface area contributed by atoms with Crippen LogP contribution in [-0.2, 0) is 21.3 Å². The zero-order valence-electron chi connectivity index (χ0n) is 16.9. The molecule has 2 rings (SSSR count). The fraction of sp³-hybridized carbons (Fsp3) is 0.125. The smallest absolute Gasteiger partial charge is 0.482 e. The fourth-order valence-electron chi connectivity index (χ4n) is 1.99. The van der Waals surface area contributed by atoms with Gasteiger partial charge in [-0.3, -0.25) is 14.9 Å². The van der Waals surface area contributed by atoms with Gasteiger partial charge in [0.2, 0.25) is 0 Å². The van der Waals surface area contributed by atoms with Crippen LogP contribution in [0.25, 0.3) is 0 Å². The van der Waals surface area contributed by atoms with Crippen LogP contribution in [0.2, 0.25) is 5.02 Å². The lowest BCUT2D eigenvalue weighted by atomic mass is 10.1. The van der Waals surface area contributed by atoms with E-state index in [0.717, 1.165) is 30.3 Å². The monoisotopic (exact) mass is 582 g/mol. The second-order valence-electron chi connectivity index (χ2n) is 6.03. The molecule has 0 aromatic heterocycles. The van der Waals surface area contributed by atoms with Crippen LogP contribution in [0.4, 0.5) is 23.3 Å². The van der Waals surface area contributed by atoms with Gasteiger partial charge in [0, 0.05) is 20.3 Å². The van der Waals surface area contributed by atoms with Crippen molar-refractivity contribution in [3.8, 4) is 11.5 Å². The lowest BCUT2D eigenvalue weighted by molar-refractivity contribution is -0.779. The Labute approximate surface area is 206 Å². The lowest BCUT2D eigenvalue weighted by Gasteiger charge is -2.19. The summed E-state index contributed by atoms with van der Waals surface area (Å²) in [6, 6.07) is 5.27. The third kappa shape index (κ3) is 8.77. The van der Waals surface area contributed by atoms with Gasteiger partial charge >= 0.3 is 28.4 Å². The van der Waals surface area contributed by atoms with Crippen molar-refractivity contribution in [3.63, 3.8) is 0 Å². The van der Waals surface area contributed by atoms with Crippen LogP contribution < -0.4 is 4.74 Å². The number of benzene rings is 2. The van der Waals surface area contributed by atoms with Gasteiger partial charge in [-0.05, 0) is 24.3 Å². The summed E-state index contributed by atoms with van der Waals surface area (Å²) in [5.74, 6) is -4.47. The third-order valence-corrected chi connectivity index (χ3v) is 5.91. The van der Waals surface area contributed by atoms with Crippen molar-refractivity contribution in [1.29, 1.82) is 0 Å². The largest absolute Gasteiger partial charge is 0.563 e. The number of halogens is 5. The summed E-state index contributed by atoms with van der Waals surface area (Å²) < 4.78 is 79.2. The molecule has 1 atom stereocenters. The molecule has 13 nitrogen and oxygen atoms in total. The number of nitro groups is 1. The Kier molecular flexibility index (Phi) is 9.98. The second kappa shape index (κ2) is 11.7. The van der Waals surface area contributed by atoms with Gasteiger partial charge in [-0.15, -0.1) is 8.42 Å². The molecule has 0 aliphatic heterocycles. The van der Waals surface area contributed by atoms with E-state index in [0.29, 0.717) is 6.07 Å². The third-order valence-electron chi connectivity index (χ3n) is 3.50. The van der Waals surface area contributed by atoms with Crippen molar-refractivity contribution < 1.29 is 63.8 Å². The molecule has 2 aromatic rings. The Bertz CT molecular complexity index is 1270. The maximum atomic E-state index is 12.6. The van der Waals surface area contributed by atoms with Crippen LogP contribution in [-0.4, -0.2) is 49.5 Å². The molecule has 0 saturated carbocycles. The Morgan fingerprint density at radius 2 is 1.75 bits per heavy atom. The molecule has 20 heteroatoms. The number of aliphatic carboxylic acids is 1. The number of nitrogens with zero attached hydrogens (tertiary/aromatic N) is 2. The number of aromatic carboxylic acids is 1. The summed E-state index contributed by atoms with van der Waals surface area (Å²) in [7, 11) is -5.48. The number of carbonyl (C=O) groups is 2. The Hall–Kier alpha value is -3.23. The van der Waals surface area contributed by atoms with E-state index in [-0.39, 0.29) is 16.5 Å². The number of quaternary nitrogens is 1. The predicted octanol–water partition coefficient (Wildman–Crippen LogP) is 4.48. The van der Waals surface area contributed by atoms with Gasteiger partial charge in [0.25, 0.3) is 5.69 Å². The maximum Gasteiger partial charge on any atom is 0.482 e. The molecule has 0 spiro atoms. The number of hydrogen-bond donors (Lipinski definition) is 3. The van der Waals surface area contributed by atoms with Crippen molar-refractivity contribution in [2.24, 2.45) is 0 Å². The van der Waals surface area contributed by atoms with Crippen molar-refractivity contribution in [2.75, 3.05) is 5.75 Å². The molecule has 0 heterocycles. The fourth-order valence-corrected chi connectivity index (χ4v) is 3.17. The summed E-state index contributed by atoms with van der Waals surface area (Å²) in [4.78, 5) is 30.7. The molecule has 0 amide bonds. The number of carboxylic acids is 2. The molecule has 0 radical (unpaired) electrons. The van der Waals surface area contributed by atoms with Crippen LogP contribution >= 0.6 is 23.5 Å². The number of carboxylic acid groups (broad SMARTS) is 2. The normalized spacial score (nSPS) is 13.1. The molecule has 36 heavy (non-hydrogen) atoms. The zero-order valence-corrected chi connectivity index (χ0v) is 19.3. The van der Waals surface area contributed by atoms with Gasteiger partial charge in [0.15, 0.2) is 5.75 Å². The molecule has 0 aliphatic carbocycles. The molecule has 198 valence electrons. The van der Waals surface area contributed by atoms with E-state index < -0.39 is 71.5 Å². The van der Waals surface area contributed by atoms with Crippen molar-refractivity contribution in [2.45, 2.75) is 6.18 Å². The molecule has 3 N–H and O–H groups in total. The Morgan fingerprint density at radius 3 is 2.17 bits per heavy atom. The molecule has 2 aromatic carbocycles. The first-order chi connectivity index (χ1) is 16.3. The molecular formula is C16H11ClF4N2O11S2. The first-order valence-corrected chi connectivity index (χ1v) is 11.2. The second-order valence-corrected chi connectivity index (χ2v) is 9.05. The van der Waals surface area contributed by atoms with Crippen molar-refractivity contribution in [1.82, 2.24) is 0 Å². The van der Waals surface area contributed by atoms with E-state index in [1.165, 1.54) is 0 Å². The first kappa shape index (κ1) is 30.8. The Balaban J connectivity index is 0.000000457. The summed E-state index contributed by atoms with van der Waals surface area (Å²) in [6.45, 7) is 0. The number of hydrogen-bond acceptors (Lipinski definition) is 9. The molecule has 1 unspecified atom stereocenters. The van der Waals surface area contributed by atoms with Gasteiger partial charge in [-0.2, -0.15) is 13.2 Å². The number of rotatable bonds is 8. The minimum absolute atomic E-state index is 0.125. The van der Waals surface area contributed by atoms with Crippen LogP contribution in [0.5, 0.6) is 11.5 Å². The van der Waals surface area contributed by atoms with E-state index in [9.17, 15) is 51.0 Å². The van der Waals surface area contributed by atoms with Crippen LogP contribution in [0.1, 0.15) is 15.9 Å². The summed E-state index contributed by atoms with van der Waals surface area (Å²) >= 11 is 5.09. The number of nitro benzene ring substituents is 1. The highest BCUT2D eigenvalue weighted by molar-refractivity contribution is 8.01. The van der Waals surface area contributed by atoms with Crippen molar-refractivity contribution in [3.05, 3.63) is 67.9 Å². The van der Waals surface area contributed by atoms with E-state index in [4.69, 9.17) is 31.1 Å². The van der Waals surface area contributed by atoms with Gasteiger partial charge in [0.1, 0.15) is 29.0 Å². The zero-order chi connectivity index (χ0) is 28.1. The molecule has 0 saturated heterocycles. The average molecular weight is 583 g/mol. The van der Waals surface area contributed by atoms with Crippen molar-refractivity contribution >= 4 is 51.5 Å². The highest BCUT2D eigenvalue weighted by atomic mass is 35.5. The summed E-state index contributed by atoms with van der Waals surface area (Å²) in [5, 5.41) is 37.5. The summed E-state index contributed by atoms with van der Waals surface area (Å²) in [5.41, 5.74) is -2.25. The minimum Gasteiger partial charge on any atom is -0.563 e. The predicted molar refractivity (Wildman–Crippen MR) is 113 cm³/mol. The quantitative estimate of drug-likeness (QED) is 0.0983. The van der Waals surface area contributed by atoms with Gasteiger partial charge in [-0.1, -0.05) is 11.6 Å². The average Bonchev–Trinajstić information content (AvgIpc) is 2.72. The van der Waals surface area contributed by atoms with E-state index >= 15 is 0 Å². The topological polar surface area (TPSA) is 204 Å². The highest BCUT2D eigenvalue weighted by Crippen LogP contribution is 2.37. The number of alkyl halides is 3. The molecule has 0 aliphatic rings. The summed E-state index contributed by atoms with van der Waals surface area (Å²) in [6.07, 6.45) is -4.58. The Morgan fingerprint density at radius 1 is 1.17 bits per heavy atom. The highest BCUT2D eigenvalue weighted by Gasteiger charge is 2.37. The molecule has 0 fully saturated rings. The number of ether oxygens (including phenoxy) is 1. The first-order valence-electron chi connectivity index (χ1n) is 8.46. The van der Waals surface area contributed by atoms with E-state index in [2.05, 4.69) is 0 Å². The SMILES string of the molecule is O=C(O)CS[N+]([O-])(F)S(=O)(=O)O.O=C(O)c1cc(Oc2ccc(C(F)(F)F)cc2Cl)ccc1[N+](=O)[O-]. The molecule has 0 bridgehead atoms. The van der Waals surface area contributed by atoms with Crippen LogP contribution in [0.15, 0.2) is 36.4 Å². The van der Waals surface area contributed by atoms with Gasteiger partial charge < -0.3 is 20.2 Å².